The molecule has 0 bridgehead atoms. The minimum absolute atomic E-state index is 0.223. The van der Waals surface area contributed by atoms with Crippen molar-refractivity contribution in [1.82, 2.24) is 9.47 Å². The lowest BCUT2D eigenvalue weighted by Gasteiger charge is -2.35. The summed E-state index contributed by atoms with van der Waals surface area (Å²) in [4.78, 5) is 20.6. The molecule has 2 aliphatic heterocycles. The van der Waals surface area contributed by atoms with Gasteiger partial charge in [0.15, 0.2) is 0 Å². The Bertz CT molecular complexity index is 1060. The summed E-state index contributed by atoms with van der Waals surface area (Å²) in [6, 6.07) is 9.13. The van der Waals surface area contributed by atoms with Crippen molar-refractivity contribution in [2.75, 3.05) is 19.8 Å². The van der Waals surface area contributed by atoms with E-state index in [0.29, 0.717) is 18.0 Å². The summed E-state index contributed by atoms with van der Waals surface area (Å²) < 4.78 is 7.87. The van der Waals surface area contributed by atoms with Gasteiger partial charge in [0.2, 0.25) is 0 Å². The third-order valence-electron chi connectivity index (χ3n) is 7.63. The van der Waals surface area contributed by atoms with E-state index in [1.807, 2.05) is 12.3 Å². The van der Waals surface area contributed by atoms with Crippen molar-refractivity contribution >= 4 is 23.0 Å². The van der Waals surface area contributed by atoms with Gasteiger partial charge in [0, 0.05) is 60.7 Å². The number of aliphatic imine (C=N–C) groups is 1. The van der Waals surface area contributed by atoms with Gasteiger partial charge in [-0.3, -0.25) is 9.79 Å². The minimum Gasteiger partial charge on any atom is -0.381 e. The Kier molecular flexibility index (Phi) is 4.94. The van der Waals surface area contributed by atoms with Crippen molar-refractivity contribution in [3.63, 3.8) is 0 Å². The van der Waals surface area contributed by atoms with Crippen LogP contribution in [0.4, 0.5) is 0 Å². The van der Waals surface area contributed by atoms with Gasteiger partial charge in [-0.1, -0.05) is 6.07 Å². The molecule has 5 heteroatoms. The van der Waals surface area contributed by atoms with Crippen molar-refractivity contribution in [2.45, 2.75) is 63.6 Å². The van der Waals surface area contributed by atoms with E-state index in [2.05, 4.69) is 38.9 Å². The molecule has 5 nitrogen and oxygen atoms in total. The van der Waals surface area contributed by atoms with Gasteiger partial charge in [0.25, 0.3) is 5.91 Å². The number of rotatable bonds is 5. The van der Waals surface area contributed by atoms with Gasteiger partial charge in [-0.15, -0.1) is 0 Å². The molecule has 1 aromatic carbocycles. The lowest BCUT2D eigenvalue weighted by atomic mass is 9.88. The Balaban J connectivity index is 1.28. The van der Waals surface area contributed by atoms with E-state index >= 15 is 0 Å². The molecule has 2 fully saturated rings. The zero-order valence-electron chi connectivity index (χ0n) is 18.1. The quantitative estimate of drug-likeness (QED) is 0.713. The second-order valence-corrected chi connectivity index (χ2v) is 9.70. The summed E-state index contributed by atoms with van der Waals surface area (Å²) in [5.41, 5.74) is 4.93. The number of benzene rings is 1. The van der Waals surface area contributed by atoms with Crippen LogP contribution in [0.5, 0.6) is 0 Å². The molecule has 4 aliphatic rings. The van der Waals surface area contributed by atoms with E-state index in [1.54, 1.807) is 0 Å². The molecular weight excluding hydrogens is 386 g/mol. The molecule has 3 heterocycles. The van der Waals surface area contributed by atoms with Crippen LogP contribution < -0.4 is 0 Å². The van der Waals surface area contributed by atoms with E-state index < -0.39 is 0 Å². The average Bonchev–Trinajstić information content (AvgIpc) is 3.37. The van der Waals surface area contributed by atoms with E-state index in [1.165, 1.54) is 16.7 Å². The lowest BCUT2D eigenvalue weighted by molar-refractivity contribution is 0.0616. The first-order valence-corrected chi connectivity index (χ1v) is 12.0. The Hall–Kier alpha value is -2.40. The summed E-state index contributed by atoms with van der Waals surface area (Å²) in [5, 5.41) is 1.10. The number of amides is 1. The van der Waals surface area contributed by atoms with Crippen molar-refractivity contribution in [1.29, 1.82) is 0 Å². The number of aromatic nitrogens is 1. The Labute approximate surface area is 183 Å². The highest BCUT2D eigenvalue weighted by molar-refractivity contribution is 6.07. The van der Waals surface area contributed by atoms with Gasteiger partial charge < -0.3 is 14.2 Å². The van der Waals surface area contributed by atoms with Crippen molar-refractivity contribution < 1.29 is 9.53 Å². The molecule has 1 unspecified atom stereocenters. The maximum atomic E-state index is 13.9. The fraction of sp³-hybridized carbons (Fsp3) is 0.538. The second-order valence-electron chi connectivity index (χ2n) is 9.70. The highest BCUT2D eigenvalue weighted by atomic mass is 16.5. The fourth-order valence-corrected chi connectivity index (χ4v) is 5.73. The zero-order valence-corrected chi connectivity index (χ0v) is 18.1. The number of carbonyl (C=O) groups is 1. The predicted molar refractivity (Wildman–Crippen MR) is 123 cm³/mol. The zero-order chi connectivity index (χ0) is 20.8. The smallest absolute Gasteiger partial charge is 0.255 e. The number of fused-ring (bicyclic) bond motifs is 1. The minimum atomic E-state index is 0.223. The van der Waals surface area contributed by atoms with Crippen molar-refractivity contribution in [3.8, 4) is 0 Å². The van der Waals surface area contributed by atoms with Crippen LogP contribution in [0.1, 0.15) is 55.3 Å². The van der Waals surface area contributed by atoms with Gasteiger partial charge in [0.05, 0.1) is 6.54 Å². The normalized spacial score (nSPS) is 24.1. The molecule has 1 aromatic heterocycles. The highest BCUT2D eigenvalue weighted by Crippen LogP contribution is 2.38. The van der Waals surface area contributed by atoms with E-state index in [-0.39, 0.29) is 5.91 Å². The van der Waals surface area contributed by atoms with Crippen LogP contribution in [0, 0.1) is 5.92 Å². The van der Waals surface area contributed by atoms with Crippen LogP contribution in [0.25, 0.3) is 10.9 Å². The molecule has 1 atom stereocenters. The van der Waals surface area contributed by atoms with E-state index in [9.17, 15) is 4.79 Å². The van der Waals surface area contributed by atoms with Gasteiger partial charge in [-0.05, 0) is 80.2 Å². The Morgan fingerprint density at radius 3 is 2.81 bits per heavy atom. The average molecular weight is 418 g/mol. The van der Waals surface area contributed by atoms with Crippen molar-refractivity contribution in [3.05, 3.63) is 47.2 Å². The first-order chi connectivity index (χ1) is 15.3. The Morgan fingerprint density at radius 1 is 1.10 bits per heavy atom. The molecule has 162 valence electrons. The van der Waals surface area contributed by atoms with Gasteiger partial charge in [-0.2, -0.15) is 0 Å². The number of hydrogen-bond donors (Lipinski definition) is 0. The molecule has 1 saturated carbocycles. The summed E-state index contributed by atoms with van der Waals surface area (Å²) in [6.07, 6.45) is 11.9. The molecule has 2 aliphatic carbocycles. The van der Waals surface area contributed by atoms with Crippen LogP contribution in [-0.4, -0.2) is 53.4 Å². The molecule has 1 amide bonds. The standard InChI is InChI=1S/C26H31N3O2/c30-26(29(21-6-7-21)22-5-4-19-15-27-16-20(19)14-22)24-2-1-3-25-23(24)8-11-28(25)17-18-9-12-31-13-10-18/h1-3,8,11,16,18,21-22H,4-7,9-10,12-15,17H2. The van der Waals surface area contributed by atoms with E-state index in [0.717, 1.165) is 82.2 Å². The fourth-order valence-electron chi connectivity index (χ4n) is 5.73. The topological polar surface area (TPSA) is 46.8 Å². The molecule has 0 spiro atoms. The third-order valence-corrected chi connectivity index (χ3v) is 7.63. The molecular formula is C26H31N3O2. The van der Waals surface area contributed by atoms with Crippen LogP contribution in [0.3, 0.4) is 0 Å². The number of carbonyl (C=O) groups excluding carboxylic acids is 1. The maximum absolute atomic E-state index is 13.9. The predicted octanol–water partition coefficient (Wildman–Crippen LogP) is 4.61. The highest BCUT2D eigenvalue weighted by Gasteiger charge is 2.40. The molecule has 31 heavy (non-hydrogen) atoms. The first-order valence-electron chi connectivity index (χ1n) is 12.0. The van der Waals surface area contributed by atoms with Crippen molar-refractivity contribution in [2.24, 2.45) is 10.9 Å². The summed E-state index contributed by atoms with van der Waals surface area (Å²) in [6.45, 7) is 3.62. The second kappa shape index (κ2) is 7.94. The largest absolute Gasteiger partial charge is 0.381 e. The monoisotopic (exact) mass is 417 g/mol. The third kappa shape index (κ3) is 3.63. The SMILES string of the molecule is O=C(c1cccc2c1ccn2CC1CCOCC1)N(C1CC1)C1CCC2=C(C=NC2)C1. The van der Waals surface area contributed by atoms with Crippen LogP contribution in [0.2, 0.25) is 0 Å². The van der Waals surface area contributed by atoms with Crippen LogP contribution >= 0.6 is 0 Å². The molecule has 1 saturated heterocycles. The summed E-state index contributed by atoms with van der Waals surface area (Å²) >= 11 is 0. The number of ether oxygens (including phenoxy) is 1. The molecule has 0 radical (unpaired) electrons. The summed E-state index contributed by atoms with van der Waals surface area (Å²) in [7, 11) is 0. The molecule has 0 N–H and O–H groups in total. The van der Waals surface area contributed by atoms with Gasteiger partial charge in [-0.25, -0.2) is 0 Å². The van der Waals surface area contributed by atoms with Gasteiger partial charge in [0.1, 0.15) is 0 Å². The number of hydrogen-bond acceptors (Lipinski definition) is 3. The maximum Gasteiger partial charge on any atom is 0.255 e. The Morgan fingerprint density at radius 2 is 1.97 bits per heavy atom. The van der Waals surface area contributed by atoms with Gasteiger partial charge >= 0.3 is 0 Å². The summed E-state index contributed by atoms with van der Waals surface area (Å²) in [5.74, 6) is 0.880. The number of nitrogens with zero attached hydrogens (tertiary/aromatic N) is 3. The first kappa shape index (κ1) is 19.3. The lowest BCUT2D eigenvalue weighted by Crippen LogP contribution is -2.43. The van der Waals surface area contributed by atoms with E-state index in [4.69, 9.17) is 4.74 Å². The van der Waals surface area contributed by atoms with Crippen LogP contribution in [0.15, 0.2) is 46.6 Å². The molecule has 2 aromatic rings. The molecule has 6 rings (SSSR count). The van der Waals surface area contributed by atoms with Crippen LogP contribution in [-0.2, 0) is 11.3 Å².